The Kier molecular flexibility index (Phi) is 4.33. The monoisotopic (exact) mass is 368 g/mol. The van der Waals surface area contributed by atoms with E-state index < -0.39 is 0 Å². The van der Waals surface area contributed by atoms with Gasteiger partial charge in [-0.2, -0.15) is 0 Å². The lowest BCUT2D eigenvalue weighted by Crippen LogP contribution is -2.53. The van der Waals surface area contributed by atoms with Crippen molar-refractivity contribution in [3.63, 3.8) is 0 Å². The summed E-state index contributed by atoms with van der Waals surface area (Å²) in [4.78, 5) is 29.0. The Balaban J connectivity index is 1.61. The number of carbonyl (C=O) groups is 1. The lowest BCUT2D eigenvalue weighted by molar-refractivity contribution is 0.0667. The number of aromatic amines is 1. The number of H-pyrrole nitrogens is 1. The number of nitrogens with zero attached hydrogens (tertiary/aromatic N) is 5. The average molecular weight is 368 g/mol. The van der Waals surface area contributed by atoms with E-state index in [0.29, 0.717) is 29.5 Å². The molecule has 1 amide bonds. The first-order valence-corrected chi connectivity index (χ1v) is 9.20. The standard InChI is InChI=1S/C19H24N6O2/c1-11-6-8-25(19(26)16-12(2)23-27-13(16)3)9-15(11)24(4)18-14-5-7-20-17(14)21-10-22-18/h5,7,10-11,15H,6,8-9H2,1-4H3,(H,20,21,22). The third kappa shape index (κ3) is 2.94. The molecule has 0 bridgehead atoms. The van der Waals surface area contributed by atoms with Crippen LogP contribution in [0.2, 0.25) is 0 Å². The summed E-state index contributed by atoms with van der Waals surface area (Å²) in [5.74, 6) is 1.88. The number of hydrogen-bond donors (Lipinski definition) is 1. The molecule has 1 saturated heterocycles. The average Bonchev–Trinajstić information content (AvgIpc) is 3.27. The van der Waals surface area contributed by atoms with Crippen LogP contribution >= 0.6 is 0 Å². The summed E-state index contributed by atoms with van der Waals surface area (Å²) in [6, 6.07) is 2.15. The number of hydrogen-bond acceptors (Lipinski definition) is 6. The van der Waals surface area contributed by atoms with E-state index in [4.69, 9.17) is 4.52 Å². The molecule has 1 N–H and O–H groups in total. The van der Waals surface area contributed by atoms with Crippen molar-refractivity contribution in [1.29, 1.82) is 0 Å². The number of rotatable bonds is 3. The Bertz CT molecular complexity index is 958. The molecule has 2 atom stereocenters. The minimum atomic E-state index is -0.00831. The highest BCUT2D eigenvalue weighted by Gasteiger charge is 2.34. The molecular weight excluding hydrogens is 344 g/mol. The summed E-state index contributed by atoms with van der Waals surface area (Å²) in [6.07, 6.45) is 4.38. The molecule has 0 radical (unpaired) electrons. The number of amides is 1. The zero-order valence-electron chi connectivity index (χ0n) is 16.1. The number of aryl methyl sites for hydroxylation is 2. The van der Waals surface area contributed by atoms with Gasteiger partial charge in [0.1, 0.15) is 29.1 Å². The summed E-state index contributed by atoms with van der Waals surface area (Å²) in [5.41, 5.74) is 2.05. The summed E-state index contributed by atoms with van der Waals surface area (Å²) < 4.78 is 5.18. The minimum absolute atomic E-state index is 0.00831. The molecule has 4 rings (SSSR count). The Labute approximate surface area is 157 Å². The topological polar surface area (TPSA) is 91.2 Å². The second-order valence-corrected chi connectivity index (χ2v) is 7.33. The van der Waals surface area contributed by atoms with Gasteiger partial charge in [-0.05, 0) is 32.3 Å². The van der Waals surface area contributed by atoms with Gasteiger partial charge in [-0.1, -0.05) is 12.1 Å². The molecule has 8 nitrogen and oxygen atoms in total. The van der Waals surface area contributed by atoms with E-state index in [1.54, 1.807) is 13.3 Å². The Morgan fingerprint density at radius 2 is 2.19 bits per heavy atom. The number of likely N-dealkylation sites (N-methyl/N-ethyl adjacent to an activating group) is 1. The number of anilines is 1. The van der Waals surface area contributed by atoms with Crippen LogP contribution in [0.5, 0.6) is 0 Å². The van der Waals surface area contributed by atoms with Gasteiger partial charge in [-0.15, -0.1) is 0 Å². The SMILES string of the molecule is Cc1noc(C)c1C(=O)N1CCC(C)C(N(C)c2ncnc3[nH]ccc23)C1. The number of piperidine rings is 1. The Morgan fingerprint density at radius 1 is 1.37 bits per heavy atom. The highest BCUT2D eigenvalue weighted by atomic mass is 16.5. The van der Waals surface area contributed by atoms with Crippen molar-refractivity contribution in [2.45, 2.75) is 33.2 Å². The normalized spacial score (nSPS) is 20.2. The van der Waals surface area contributed by atoms with Gasteiger partial charge in [0.25, 0.3) is 5.91 Å². The van der Waals surface area contributed by atoms with Crippen molar-refractivity contribution >= 4 is 22.8 Å². The molecule has 1 aliphatic heterocycles. The maximum absolute atomic E-state index is 13.1. The Morgan fingerprint density at radius 3 is 2.93 bits per heavy atom. The van der Waals surface area contributed by atoms with Crippen LogP contribution in [0.25, 0.3) is 11.0 Å². The molecule has 3 aromatic heterocycles. The van der Waals surface area contributed by atoms with Crippen LogP contribution in [0.4, 0.5) is 5.82 Å². The first-order chi connectivity index (χ1) is 13.0. The molecule has 2 unspecified atom stereocenters. The fourth-order valence-corrected chi connectivity index (χ4v) is 3.98. The van der Waals surface area contributed by atoms with Crippen molar-refractivity contribution < 1.29 is 9.32 Å². The van der Waals surface area contributed by atoms with Crippen LogP contribution < -0.4 is 4.90 Å². The molecule has 1 fully saturated rings. The van der Waals surface area contributed by atoms with Crippen molar-refractivity contribution in [3.05, 3.63) is 35.6 Å². The second-order valence-electron chi connectivity index (χ2n) is 7.33. The van der Waals surface area contributed by atoms with Crippen molar-refractivity contribution in [1.82, 2.24) is 25.0 Å². The van der Waals surface area contributed by atoms with Crippen LogP contribution in [0.15, 0.2) is 23.1 Å². The van der Waals surface area contributed by atoms with Gasteiger partial charge in [-0.25, -0.2) is 9.97 Å². The summed E-state index contributed by atoms with van der Waals surface area (Å²) >= 11 is 0. The molecule has 8 heteroatoms. The molecule has 0 aliphatic carbocycles. The first-order valence-electron chi connectivity index (χ1n) is 9.20. The maximum Gasteiger partial charge on any atom is 0.259 e. The van der Waals surface area contributed by atoms with Gasteiger partial charge >= 0.3 is 0 Å². The second kappa shape index (κ2) is 6.68. The summed E-state index contributed by atoms with van der Waals surface area (Å²) in [6.45, 7) is 7.19. The first kappa shape index (κ1) is 17.5. The number of aromatic nitrogens is 4. The smallest absolute Gasteiger partial charge is 0.259 e. The number of carbonyl (C=O) groups excluding carboxylic acids is 1. The maximum atomic E-state index is 13.1. The van der Waals surface area contributed by atoms with Gasteiger partial charge in [0.2, 0.25) is 0 Å². The van der Waals surface area contributed by atoms with E-state index in [2.05, 4.69) is 31.9 Å². The lowest BCUT2D eigenvalue weighted by atomic mass is 9.91. The fraction of sp³-hybridized carbons (Fsp3) is 0.474. The summed E-state index contributed by atoms with van der Waals surface area (Å²) in [5, 5.41) is 4.91. The van der Waals surface area contributed by atoms with Gasteiger partial charge in [0.05, 0.1) is 17.1 Å². The molecule has 1 aliphatic rings. The number of fused-ring (bicyclic) bond motifs is 1. The highest BCUT2D eigenvalue weighted by molar-refractivity contribution is 5.96. The summed E-state index contributed by atoms with van der Waals surface area (Å²) in [7, 11) is 2.04. The quantitative estimate of drug-likeness (QED) is 0.764. The Hall–Kier alpha value is -2.90. The van der Waals surface area contributed by atoms with Crippen LogP contribution in [0.3, 0.4) is 0 Å². The molecule has 27 heavy (non-hydrogen) atoms. The largest absolute Gasteiger partial charge is 0.361 e. The predicted molar refractivity (Wildman–Crippen MR) is 102 cm³/mol. The van der Waals surface area contributed by atoms with Crippen molar-refractivity contribution in [2.75, 3.05) is 25.0 Å². The van der Waals surface area contributed by atoms with Gasteiger partial charge in [-0.3, -0.25) is 4.79 Å². The zero-order chi connectivity index (χ0) is 19.1. The van der Waals surface area contributed by atoms with E-state index in [9.17, 15) is 4.79 Å². The van der Waals surface area contributed by atoms with Crippen molar-refractivity contribution in [2.24, 2.45) is 5.92 Å². The molecular formula is C19H24N6O2. The molecule has 3 aromatic rings. The third-order valence-corrected chi connectivity index (χ3v) is 5.62. The van der Waals surface area contributed by atoms with Crippen LogP contribution in [-0.2, 0) is 0 Å². The van der Waals surface area contributed by atoms with Gasteiger partial charge in [0.15, 0.2) is 0 Å². The zero-order valence-corrected chi connectivity index (χ0v) is 16.1. The number of nitrogens with one attached hydrogen (secondary N) is 1. The van der Waals surface area contributed by atoms with E-state index >= 15 is 0 Å². The fourth-order valence-electron chi connectivity index (χ4n) is 3.98. The molecule has 0 spiro atoms. The predicted octanol–water partition coefficient (Wildman–Crippen LogP) is 2.55. The van der Waals surface area contributed by atoms with Crippen molar-refractivity contribution in [3.8, 4) is 0 Å². The van der Waals surface area contributed by atoms with Crippen LogP contribution in [0.1, 0.15) is 35.2 Å². The lowest BCUT2D eigenvalue weighted by Gasteiger charge is -2.42. The van der Waals surface area contributed by atoms with Crippen LogP contribution in [0, 0.1) is 19.8 Å². The third-order valence-electron chi connectivity index (χ3n) is 5.62. The van der Waals surface area contributed by atoms with Gasteiger partial charge in [0, 0.05) is 26.3 Å². The van der Waals surface area contributed by atoms with Crippen LogP contribution in [-0.4, -0.2) is 57.1 Å². The highest BCUT2D eigenvalue weighted by Crippen LogP contribution is 2.29. The van der Waals surface area contributed by atoms with E-state index in [0.717, 1.165) is 29.8 Å². The molecule has 4 heterocycles. The van der Waals surface area contributed by atoms with E-state index in [1.807, 2.05) is 31.1 Å². The van der Waals surface area contributed by atoms with Gasteiger partial charge < -0.3 is 19.3 Å². The molecule has 142 valence electrons. The number of likely N-dealkylation sites (tertiary alicyclic amines) is 1. The minimum Gasteiger partial charge on any atom is -0.361 e. The molecule has 0 aromatic carbocycles. The van der Waals surface area contributed by atoms with E-state index in [-0.39, 0.29) is 11.9 Å². The van der Waals surface area contributed by atoms with E-state index in [1.165, 1.54) is 0 Å². The molecule has 0 saturated carbocycles.